The first-order valence-corrected chi connectivity index (χ1v) is 6.52. The Hall–Kier alpha value is -2.00. The number of nitrogens with two attached hydrogens (primary N) is 2. The van der Waals surface area contributed by atoms with Crippen molar-refractivity contribution in [3.8, 4) is 5.75 Å². The lowest BCUT2D eigenvalue weighted by molar-refractivity contribution is 0.306. The van der Waals surface area contributed by atoms with Gasteiger partial charge in [0.25, 0.3) is 0 Å². The van der Waals surface area contributed by atoms with Crippen molar-refractivity contribution in [2.24, 2.45) is 5.73 Å². The average molecular weight is 256 g/mol. The Morgan fingerprint density at radius 2 is 1.84 bits per heavy atom. The van der Waals surface area contributed by atoms with E-state index in [1.807, 2.05) is 55.5 Å². The highest BCUT2D eigenvalue weighted by Crippen LogP contribution is 2.26. The molecule has 0 aliphatic rings. The third kappa shape index (κ3) is 3.48. The van der Waals surface area contributed by atoms with E-state index in [1.54, 1.807) is 0 Å². The van der Waals surface area contributed by atoms with Gasteiger partial charge in [-0.3, -0.25) is 0 Å². The van der Waals surface area contributed by atoms with E-state index in [0.717, 1.165) is 29.0 Å². The second-order valence-corrected chi connectivity index (χ2v) is 4.58. The zero-order valence-corrected chi connectivity index (χ0v) is 11.2. The zero-order valence-electron chi connectivity index (χ0n) is 11.2. The van der Waals surface area contributed by atoms with Crippen LogP contribution in [-0.2, 0) is 6.61 Å². The van der Waals surface area contributed by atoms with Crippen molar-refractivity contribution in [3.63, 3.8) is 0 Å². The van der Waals surface area contributed by atoms with Crippen LogP contribution in [0.2, 0.25) is 0 Å². The van der Waals surface area contributed by atoms with Gasteiger partial charge in [0.15, 0.2) is 0 Å². The van der Waals surface area contributed by atoms with E-state index in [0.29, 0.717) is 6.61 Å². The third-order valence-corrected chi connectivity index (χ3v) is 3.15. The quantitative estimate of drug-likeness (QED) is 0.807. The minimum atomic E-state index is -0.0414. The van der Waals surface area contributed by atoms with Gasteiger partial charge in [-0.1, -0.05) is 37.3 Å². The SMILES string of the molecule is CCC(N)c1cc(OCc2ccccc2)ccc1N. The first kappa shape index (κ1) is 13.4. The molecule has 0 aliphatic heterocycles. The molecule has 0 saturated carbocycles. The molecule has 0 saturated heterocycles. The molecule has 0 bridgehead atoms. The number of ether oxygens (including phenoxy) is 1. The van der Waals surface area contributed by atoms with Crippen LogP contribution in [0.3, 0.4) is 0 Å². The first-order chi connectivity index (χ1) is 9.20. The lowest BCUT2D eigenvalue weighted by Gasteiger charge is -2.14. The van der Waals surface area contributed by atoms with Crippen LogP contribution >= 0.6 is 0 Å². The number of hydrogen-bond donors (Lipinski definition) is 2. The van der Waals surface area contributed by atoms with E-state index in [4.69, 9.17) is 16.2 Å². The fraction of sp³-hybridized carbons (Fsp3) is 0.250. The third-order valence-electron chi connectivity index (χ3n) is 3.15. The summed E-state index contributed by atoms with van der Waals surface area (Å²) in [5.74, 6) is 0.803. The summed E-state index contributed by atoms with van der Waals surface area (Å²) in [5.41, 5.74) is 14.8. The molecule has 0 amide bonds. The van der Waals surface area contributed by atoms with Crippen LogP contribution < -0.4 is 16.2 Å². The Morgan fingerprint density at radius 3 is 2.53 bits per heavy atom. The van der Waals surface area contributed by atoms with Crippen LogP contribution in [0, 0.1) is 0 Å². The zero-order chi connectivity index (χ0) is 13.7. The summed E-state index contributed by atoms with van der Waals surface area (Å²) in [5, 5.41) is 0. The van der Waals surface area contributed by atoms with Crippen LogP contribution in [0.4, 0.5) is 5.69 Å². The molecule has 1 atom stereocenters. The van der Waals surface area contributed by atoms with Crippen LogP contribution in [0.5, 0.6) is 5.75 Å². The lowest BCUT2D eigenvalue weighted by atomic mass is 10.0. The Bertz CT molecular complexity index is 526. The molecule has 0 heterocycles. The summed E-state index contributed by atoms with van der Waals surface area (Å²) < 4.78 is 5.77. The van der Waals surface area contributed by atoms with Gasteiger partial charge in [-0.2, -0.15) is 0 Å². The maximum atomic E-state index is 6.04. The topological polar surface area (TPSA) is 61.3 Å². The van der Waals surface area contributed by atoms with Crippen LogP contribution in [0.15, 0.2) is 48.5 Å². The molecule has 2 rings (SSSR count). The summed E-state index contributed by atoms with van der Waals surface area (Å²) in [6.07, 6.45) is 0.854. The van der Waals surface area contributed by atoms with Gasteiger partial charge in [0.05, 0.1) is 0 Å². The molecule has 1 unspecified atom stereocenters. The van der Waals surface area contributed by atoms with E-state index in [1.165, 1.54) is 0 Å². The van der Waals surface area contributed by atoms with Gasteiger partial charge in [-0.25, -0.2) is 0 Å². The molecule has 0 spiro atoms. The van der Waals surface area contributed by atoms with Crippen molar-refractivity contribution < 1.29 is 4.74 Å². The molecule has 3 heteroatoms. The molecule has 0 aliphatic carbocycles. The first-order valence-electron chi connectivity index (χ1n) is 6.52. The predicted octanol–water partition coefficient (Wildman–Crippen LogP) is 3.26. The molecule has 2 aromatic rings. The predicted molar refractivity (Wildman–Crippen MR) is 78.8 cm³/mol. The minimum Gasteiger partial charge on any atom is -0.489 e. The van der Waals surface area contributed by atoms with E-state index in [2.05, 4.69) is 0 Å². The number of benzene rings is 2. The van der Waals surface area contributed by atoms with Gasteiger partial charge in [0.2, 0.25) is 0 Å². The van der Waals surface area contributed by atoms with E-state index < -0.39 is 0 Å². The monoisotopic (exact) mass is 256 g/mol. The Morgan fingerprint density at radius 1 is 1.11 bits per heavy atom. The normalized spacial score (nSPS) is 12.1. The molecular weight excluding hydrogens is 236 g/mol. The van der Waals surface area contributed by atoms with Gasteiger partial charge in [0, 0.05) is 11.7 Å². The number of anilines is 1. The van der Waals surface area contributed by atoms with Gasteiger partial charge in [0.1, 0.15) is 12.4 Å². The van der Waals surface area contributed by atoms with Gasteiger partial charge >= 0.3 is 0 Å². The van der Waals surface area contributed by atoms with E-state index in [-0.39, 0.29) is 6.04 Å². The van der Waals surface area contributed by atoms with Gasteiger partial charge in [-0.05, 0) is 35.7 Å². The molecule has 0 radical (unpaired) electrons. The maximum absolute atomic E-state index is 6.04. The second kappa shape index (κ2) is 6.25. The summed E-state index contributed by atoms with van der Waals surface area (Å²) in [7, 11) is 0. The summed E-state index contributed by atoms with van der Waals surface area (Å²) >= 11 is 0. The number of rotatable bonds is 5. The van der Waals surface area contributed by atoms with Crippen LogP contribution in [-0.4, -0.2) is 0 Å². The summed E-state index contributed by atoms with van der Waals surface area (Å²) in [6.45, 7) is 2.59. The number of nitrogen functional groups attached to an aromatic ring is 1. The maximum Gasteiger partial charge on any atom is 0.120 e. The van der Waals surface area contributed by atoms with Crippen molar-refractivity contribution in [1.29, 1.82) is 0 Å². The lowest BCUT2D eigenvalue weighted by Crippen LogP contribution is -2.11. The Labute approximate surface area is 114 Å². The van der Waals surface area contributed by atoms with Crippen LogP contribution in [0.1, 0.15) is 30.5 Å². The molecular formula is C16H20N2O. The van der Waals surface area contributed by atoms with Crippen molar-refractivity contribution in [3.05, 3.63) is 59.7 Å². The highest BCUT2D eigenvalue weighted by Gasteiger charge is 2.09. The van der Waals surface area contributed by atoms with Crippen LogP contribution in [0.25, 0.3) is 0 Å². The molecule has 0 fully saturated rings. The second-order valence-electron chi connectivity index (χ2n) is 4.58. The Kier molecular flexibility index (Phi) is 4.42. The molecule has 2 aromatic carbocycles. The van der Waals surface area contributed by atoms with Gasteiger partial charge in [-0.15, -0.1) is 0 Å². The fourth-order valence-corrected chi connectivity index (χ4v) is 1.92. The average Bonchev–Trinajstić information content (AvgIpc) is 2.46. The number of hydrogen-bond acceptors (Lipinski definition) is 3. The molecule has 4 N–H and O–H groups in total. The van der Waals surface area contributed by atoms with E-state index in [9.17, 15) is 0 Å². The van der Waals surface area contributed by atoms with Crippen molar-refractivity contribution in [2.75, 3.05) is 5.73 Å². The highest BCUT2D eigenvalue weighted by molar-refractivity contribution is 5.52. The van der Waals surface area contributed by atoms with Gasteiger partial charge < -0.3 is 16.2 Å². The largest absolute Gasteiger partial charge is 0.489 e. The smallest absolute Gasteiger partial charge is 0.120 e. The van der Waals surface area contributed by atoms with E-state index >= 15 is 0 Å². The summed E-state index contributed by atoms with van der Waals surface area (Å²) in [4.78, 5) is 0. The van der Waals surface area contributed by atoms with Crippen molar-refractivity contribution >= 4 is 5.69 Å². The molecule has 19 heavy (non-hydrogen) atoms. The standard InChI is InChI=1S/C16H20N2O/c1-2-15(17)14-10-13(8-9-16(14)18)19-11-12-6-4-3-5-7-12/h3-10,15H,2,11,17-18H2,1H3. The molecule has 0 aromatic heterocycles. The van der Waals surface area contributed by atoms with Crippen molar-refractivity contribution in [2.45, 2.75) is 26.0 Å². The molecule has 3 nitrogen and oxygen atoms in total. The van der Waals surface area contributed by atoms with Crippen molar-refractivity contribution in [1.82, 2.24) is 0 Å². The fourth-order valence-electron chi connectivity index (χ4n) is 1.92. The minimum absolute atomic E-state index is 0.0414. The highest BCUT2D eigenvalue weighted by atomic mass is 16.5. The Balaban J connectivity index is 2.09. The molecule has 100 valence electrons. The summed E-state index contributed by atoms with van der Waals surface area (Å²) in [6, 6.07) is 15.7.